The number of amides is 1. The molecule has 0 unspecified atom stereocenters. The molecule has 0 bridgehead atoms. The van der Waals surface area contributed by atoms with Crippen LogP contribution in [-0.2, 0) is 14.8 Å². The topological polar surface area (TPSA) is 66.5 Å². The second kappa shape index (κ2) is 8.10. The van der Waals surface area contributed by atoms with Crippen molar-refractivity contribution in [3.8, 4) is 0 Å². The number of anilines is 2. The van der Waals surface area contributed by atoms with Gasteiger partial charge in [-0.15, -0.1) is 0 Å². The summed E-state index contributed by atoms with van der Waals surface area (Å²) in [5.41, 5.74) is 2.80. The van der Waals surface area contributed by atoms with E-state index in [0.29, 0.717) is 16.4 Å². The molecule has 0 atom stereocenters. The Labute approximate surface area is 160 Å². The monoisotopic (exact) mass is 394 g/mol. The van der Waals surface area contributed by atoms with Crippen molar-refractivity contribution < 1.29 is 13.2 Å². The minimum atomic E-state index is -3.63. The third-order valence-corrected chi connectivity index (χ3v) is 5.50. The third kappa shape index (κ3) is 4.99. The summed E-state index contributed by atoms with van der Waals surface area (Å²) in [6, 6.07) is 12.4. The minimum Gasteiger partial charge on any atom is -0.324 e. The van der Waals surface area contributed by atoms with Crippen molar-refractivity contribution in [2.24, 2.45) is 0 Å². The molecule has 2 aromatic carbocycles. The predicted molar refractivity (Wildman–Crippen MR) is 108 cm³/mol. The number of nitrogens with zero attached hydrogens (tertiary/aromatic N) is 1. The van der Waals surface area contributed by atoms with Crippen LogP contribution >= 0.6 is 11.6 Å². The highest BCUT2D eigenvalue weighted by atomic mass is 35.5. The van der Waals surface area contributed by atoms with Gasteiger partial charge >= 0.3 is 0 Å². The first-order valence-electron chi connectivity index (χ1n) is 8.22. The molecule has 1 N–H and O–H groups in total. The van der Waals surface area contributed by atoms with Gasteiger partial charge in [-0.2, -0.15) is 0 Å². The van der Waals surface area contributed by atoms with E-state index in [9.17, 15) is 13.2 Å². The summed E-state index contributed by atoms with van der Waals surface area (Å²) >= 11 is 6.07. The molecule has 2 aromatic rings. The third-order valence-electron chi connectivity index (χ3n) is 3.97. The zero-order valence-electron chi connectivity index (χ0n) is 15.3. The average molecular weight is 395 g/mol. The van der Waals surface area contributed by atoms with Gasteiger partial charge in [0.15, 0.2) is 0 Å². The molecular formula is C19H23ClN2O3S. The van der Waals surface area contributed by atoms with E-state index >= 15 is 0 Å². The molecule has 0 aliphatic carbocycles. The van der Waals surface area contributed by atoms with E-state index in [2.05, 4.69) is 5.32 Å². The van der Waals surface area contributed by atoms with Crippen LogP contribution in [-0.4, -0.2) is 27.1 Å². The molecular weight excluding hydrogens is 372 g/mol. The second-order valence-electron chi connectivity index (χ2n) is 6.50. The van der Waals surface area contributed by atoms with Gasteiger partial charge in [0.25, 0.3) is 0 Å². The van der Waals surface area contributed by atoms with Crippen LogP contribution in [0.5, 0.6) is 0 Å². The first-order valence-corrected chi connectivity index (χ1v) is 10.4. The van der Waals surface area contributed by atoms with Gasteiger partial charge in [0.05, 0.1) is 11.9 Å². The molecule has 2 rings (SSSR count). The molecule has 0 saturated carbocycles. The Morgan fingerprint density at radius 3 is 2.42 bits per heavy atom. The van der Waals surface area contributed by atoms with E-state index in [1.54, 1.807) is 30.3 Å². The Morgan fingerprint density at radius 2 is 1.85 bits per heavy atom. The number of halogens is 1. The lowest BCUT2D eigenvalue weighted by molar-refractivity contribution is -0.114. The fourth-order valence-electron chi connectivity index (χ4n) is 2.59. The van der Waals surface area contributed by atoms with Gasteiger partial charge in [-0.3, -0.25) is 9.10 Å². The van der Waals surface area contributed by atoms with E-state index in [4.69, 9.17) is 11.6 Å². The Bertz CT molecular complexity index is 911. The van der Waals surface area contributed by atoms with Crippen molar-refractivity contribution in [2.75, 3.05) is 22.4 Å². The van der Waals surface area contributed by atoms with Crippen LogP contribution in [0.1, 0.15) is 30.9 Å². The number of hydrogen-bond acceptors (Lipinski definition) is 3. The number of carbonyl (C=O) groups is 1. The summed E-state index contributed by atoms with van der Waals surface area (Å²) in [6.07, 6.45) is 1.10. The van der Waals surface area contributed by atoms with Crippen LogP contribution in [0.15, 0.2) is 42.5 Å². The molecule has 0 aliphatic heterocycles. The van der Waals surface area contributed by atoms with E-state index in [1.807, 2.05) is 32.9 Å². The zero-order chi connectivity index (χ0) is 19.5. The van der Waals surface area contributed by atoms with Gasteiger partial charge in [-0.05, 0) is 42.2 Å². The fraction of sp³-hybridized carbons (Fsp3) is 0.316. The highest BCUT2D eigenvalue weighted by molar-refractivity contribution is 7.92. The maximum Gasteiger partial charge on any atom is 0.245 e. The number of para-hydroxylation sites is 1. The lowest BCUT2D eigenvalue weighted by Crippen LogP contribution is -2.38. The normalized spacial score (nSPS) is 11.5. The highest BCUT2D eigenvalue weighted by Crippen LogP contribution is 2.29. The van der Waals surface area contributed by atoms with Crippen molar-refractivity contribution in [1.82, 2.24) is 0 Å². The summed E-state index contributed by atoms with van der Waals surface area (Å²) in [5.74, 6) is -0.316. The molecule has 0 saturated heterocycles. The number of aryl methyl sites for hydroxylation is 1. The summed E-state index contributed by atoms with van der Waals surface area (Å²) in [4.78, 5) is 12.5. The van der Waals surface area contributed by atoms with Gasteiger partial charge < -0.3 is 5.32 Å². The van der Waals surface area contributed by atoms with Crippen LogP contribution in [0.2, 0.25) is 5.02 Å². The summed E-state index contributed by atoms with van der Waals surface area (Å²) in [6.45, 7) is 5.51. The average Bonchev–Trinajstić information content (AvgIpc) is 2.55. The predicted octanol–water partition coefficient (Wildman–Crippen LogP) is 4.18. The molecule has 140 valence electrons. The summed E-state index contributed by atoms with van der Waals surface area (Å²) in [7, 11) is -3.63. The Kier molecular flexibility index (Phi) is 6.31. The number of sulfonamides is 1. The first-order chi connectivity index (χ1) is 12.1. The summed E-state index contributed by atoms with van der Waals surface area (Å²) in [5, 5.41) is 3.24. The molecule has 5 nitrogen and oxygen atoms in total. The Morgan fingerprint density at radius 1 is 1.19 bits per heavy atom. The van der Waals surface area contributed by atoms with Crippen molar-refractivity contribution in [3.05, 3.63) is 58.6 Å². The smallest absolute Gasteiger partial charge is 0.245 e. The fourth-order valence-corrected chi connectivity index (χ4v) is 3.64. The number of carbonyl (C=O) groups excluding carboxylic acids is 1. The van der Waals surface area contributed by atoms with Gasteiger partial charge in [0, 0.05) is 10.7 Å². The van der Waals surface area contributed by atoms with Crippen LogP contribution in [0, 0.1) is 6.92 Å². The lowest BCUT2D eigenvalue weighted by Gasteiger charge is -2.25. The zero-order valence-corrected chi connectivity index (χ0v) is 16.9. The van der Waals surface area contributed by atoms with Crippen molar-refractivity contribution in [1.29, 1.82) is 0 Å². The molecule has 0 fully saturated rings. The summed E-state index contributed by atoms with van der Waals surface area (Å²) < 4.78 is 25.8. The number of hydrogen-bond donors (Lipinski definition) is 1. The molecule has 1 amide bonds. The molecule has 7 heteroatoms. The van der Waals surface area contributed by atoms with Gasteiger partial charge in [0.1, 0.15) is 6.54 Å². The van der Waals surface area contributed by atoms with Crippen molar-refractivity contribution >= 4 is 38.9 Å². The molecule has 0 heterocycles. The SMILES string of the molecule is Cc1ccc(NC(=O)CN(c2ccccc2C(C)C)S(C)(=O)=O)cc1Cl. The van der Waals surface area contributed by atoms with Gasteiger partial charge in [-0.25, -0.2) is 8.42 Å². The maximum atomic E-state index is 12.5. The van der Waals surface area contributed by atoms with Gasteiger partial charge in [-0.1, -0.05) is 49.7 Å². The van der Waals surface area contributed by atoms with Crippen molar-refractivity contribution in [2.45, 2.75) is 26.7 Å². The van der Waals surface area contributed by atoms with E-state index < -0.39 is 15.9 Å². The second-order valence-corrected chi connectivity index (χ2v) is 8.81. The molecule has 26 heavy (non-hydrogen) atoms. The molecule has 0 aromatic heterocycles. The number of nitrogens with one attached hydrogen (secondary N) is 1. The lowest BCUT2D eigenvalue weighted by atomic mass is 10.0. The quantitative estimate of drug-likeness (QED) is 0.799. The number of rotatable bonds is 6. The molecule has 0 radical (unpaired) electrons. The van der Waals surface area contributed by atoms with Crippen LogP contribution in [0.25, 0.3) is 0 Å². The van der Waals surface area contributed by atoms with Crippen LogP contribution in [0.3, 0.4) is 0 Å². The largest absolute Gasteiger partial charge is 0.324 e. The van der Waals surface area contributed by atoms with Gasteiger partial charge in [0.2, 0.25) is 15.9 Å². The first kappa shape index (κ1) is 20.3. The standard InChI is InChI=1S/C19H23ClN2O3S/c1-13(2)16-7-5-6-8-18(16)22(26(4,24)25)12-19(23)21-15-10-9-14(3)17(20)11-15/h5-11,13H,12H2,1-4H3,(H,21,23). The van der Waals surface area contributed by atoms with Crippen molar-refractivity contribution in [3.63, 3.8) is 0 Å². The van der Waals surface area contributed by atoms with E-state index in [1.165, 1.54) is 0 Å². The minimum absolute atomic E-state index is 0.120. The number of benzene rings is 2. The molecule has 0 spiro atoms. The van der Waals surface area contributed by atoms with Crippen LogP contribution in [0.4, 0.5) is 11.4 Å². The Balaban J connectivity index is 2.29. The maximum absolute atomic E-state index is 12.5. The Hall–Kier alpha value is -2.05. The van der Waals surface area contributed by atoms with E-state index in [0.717, 1.165) is 21.7 Å². The highest BCUT2D eigenvalue weighted by Gasteiger charge is 2.24. The molecule has 0 aliphatic rings. The van der Waals surface area contributed by atoms with E-state index in [-0.39, 0.29) is 12.5 Å². The van der Waals surface area contributed by atoms with Crippen LogP contribution < -0.4 is 9.62 Å².